The number of sulfonamides is 1. The Morgan fingerprint density at radius 2 is 2.14 bits per heavy atom. The predicted octanol–water partition coefficient (Wildman–Crippen LogP) is -1.18. The molecule has 0 aromatic rings. The van der Waals surface area contributed by atoms with E-state index in [0.717, 1.165) is 0 Å². The fourth-order valence-corrected chi connectivity index (χ4v) is 1.12. The first-order valence-corrected chi connectivity index (χ1v) is 6.02. The summed E-state index contributed by atoms with van der Waals surface area (Å²) in [5.41, 5.74) is 0. The molecular weight excluding hydrogens is 208 g/mol. The molecule has 0 aliphatic carbocycles. The molecule has 0 rings (SSSR count). The molecule has 0 fully saturated rings. The highest BCUT2D eigenvalue weighted by Gasteiger charge is 2.04. The van der Waals surface area contributed by atoms with Gasteiger partial charge >= 0.3 is 0 Å². The minimum atomic E-state index is -3.49. The molecule has 1 amide bonds. The van der Waals surface area contributed by atoms with Crippen LogP contribution in [0.25, 0.3) is 0 Å². The van der Waals surface area contributed by atoms with Crippen LogP contribution in [0, 0.1) is 0 Å². The molecule has 6 nitrogen and oxygen atoms in total. The SMILES string of the molecule is CCOCCC(=O)NCCS(N)(=O)=O. The summed E-state index contributed by atoms with van der Waals surface area (Å²) < 4.78 is 25.9. The Morgan fingerprint density at radius 3 is 2.64 bits per heavy atom. The summed E-state index contributed by atoms with van der Waals surface area (Å²) in [5, 5.41) is 7.16. The molecule has 3 N–H and O–H groups in total. The quantitative estimate of drug-likeness (QED) is 0.532. The minimum Gasteiger partial charge on any atom is -0.381 e. The van der Waals surface area contributed by atoms with Gasteiger partial charge in [-0.15, -0.1) is 0 Å². The molecule has 0 aromatic carbocycles. The van der Waals surface area contributed by atoms with Gasteiger partial charge in [-0.3, -0.25) is 4.79 Å². The van der Waals surface area contributed by atoms with Crippen LogP contribution < -0.4 is 10.5 Å². The van der Waals surface area contributed by atoms with Gasteiger partial charge in [-0.1, -0.05) is 0 Å². The van der Waals surface area contributed by atoms with Crippen molar-refractivity contribution in [3.05, 3.63) is 0 Å². The van der Waals surface area contributed by atoms with Crippen molar-refractivity contribution >= 4 is 15.9 Å². The van der Waals surface area contributed by atoms with E-state index in [2.05, 4.69) is 5.32 Å². The van der Waals surface area contributed by atoms with Gasteiger partial charge in [0.2, 0.25) is 15.9 Å². The highest BCUT2D eigenvalue weighted by molar-refractivity contribution is 7.89. The maximum absolute atomic E-state index is 11.0. The van der Waals surface area contributed by atoms with E-state index in [4.69, 9.17) is 9.88 Å². The molecule has 7 heteroatoms. The van der Waals surface area contributed by atoms with Gasteiger partial charge in [0.15, 0.2) is 0 Å². The van der Waals surface area contributed by atoms with E-state index < -0.39 is 10.0 Å². The third-order valence-electron chi connectivity index (χ3n) is 1.39. The number of nitrogens with one attached hydrogen (secondary N) is 1. The molecule has 0 radical (unpaired) electrons. The Hall–Kier alpha value is -0.660. The van der Waals surface area contributed by atoms with Crippen LogP contribution in [0.1, 0.15) is 13.3 Å². The molecule has 0 bridgehead atoms. The Balaban J connectivity index is 3.45. The first-order chi connectivity index (χ1) is 6.45. The van der Waals surface area contributed by atoms with Gasteiger partial charge in [0.1, 0.15) is 0 Å². The van der Waals surface area contributed by atoms with Crippen molar-refractivity contribution in [2.75, 3.05) is 25.5 Å². The molecule has 0 saturated carbocycles. The average Bonchev–Trinajstić information content (AvgIpc) is 2.02. The van der Waals surface area contributed by atoms with Crippen molar-refractivity contribution in [1.29, 1.82) is 0 Å². The first-order valence-electron chi connectivity index (χ1n) is 4.30. The topological polar surface area (TPSA) is 98.5 Å². The fourth-order valence-electron chi connectivity index (χ4n) is 0.730. The molecule has 0 heterocycles. The number of hydrogen-bond acceptors (Lipinski definition) is 4. The maximum atomic E-state index is 11.0. The van der Waals surface area contributed by atoms with Crippen LogP contribution in [0.4, 0.5) is 0 Å². The van der Waals surface area contributed by atoms with Crippen molar-refractivity contribution in [2.24, 2.45) is 5.14 Å². The highest BCUT2D eigenvalue weighted by atomic mass is 32.2. The van der Waals surface area contributed by atoms with Gasteiger partial charge in [0, 0.05) is 19.6 Å². The van der Waals surface area contributed by atoms with E-state index in [1.165, 1.54) is 0 Å². The lowest BCUT2D eigenvalue weighted by Crippen LogP contribution is -2.31. The lowest BCUT2D eigenvalue weighted by atomic mass is 10.4. The summed E-state index contributed by atoms with van der Waals surface area (Å²) in [6.45, 7) is 2.78. The molecular formula is C7H16N2O4S. The number of carbonyl (C=O) groups is 1. The molecule has 0 spiro atoms. The maximum Gasteiger partial charge on any atom is 0.222 e. The zero-order valence-corrected chi connectivity index (χ0v) is 8.97. The third-order valence-corrected chi connectivity index (χ3v) is 2.16. The van der Waals surface area contributed by atoms with Crippen LogP contribution in [0.3, 0.4) is 0 Å². The Morgan fingerprint density at radius 1 is 1.50 bits per heavy atom. The second-order valence-electron chi connectivity index (χ2n) is 2.66. The van der Waals surface area contributed by atoms with Gasteiger partial charge in [-0.2, -0.15) is 0 Å². The van der Waals surface area contributed by atoms with Gasteiger partial charge in [0.05, 0.1) is 12.4 Å². The van der Waals surface area contributed by atoms with E-state index in [-0.39, 0.29) is 24.6 Å². The minimum absolute atomic E-state index is 0.0454. The van der Waals surface area contributed by atoms with Gasteiger partial charge < -0.3 is 10.1 Å². The van der Waals surface area contributed by atoms with Gasteiger partial charge in [-0.25, -0.2) is 13.6 Å². The van der Waals surface area contributed by atoms with Crippen molar-refractivity contribution in [2.45, 2.75) is 13.3 Å². The number of ether oxygens (including phenoxy) is 1. The molecule has 14 heavy (non-hydrogen) atoms. The lowest BCUT2D eigenvalue weighted by molar-refractivity contribution is -0.122. The number of amides is 1. The smallest absolute Gasteiger partial charge is 0.222 e. The lowest BCUT2D eigenvalue weighted by Gasteiger charge is -2.03. The van der Waals surface area contributed by atoms with Crippen molar-refractivity contribution in [3.63, 3.8) is 0 Å². The second kappa shape index (κ2) is 6.74. The standard InChI is InChI=1S/C7H16N2O4S/c1-2-13-5-3-7(10)9-4-6-14(8,11)12/h2-6H2,1H3,(H,9,10)(H2,8,11,12). The molecule has 84 valence electrons. The number of rotatable bonds is 7. The van der Waals surface area contributed by atoms with Gasteiger partial charge in [-0.05, 0) is 6.92 Å². The van der Waals surface area contributed by atoms with E-state index in [9.17, 15) is 13.2 Å². The fraction of sp³-hybridized carbons (Fsp3) is 0.857. The highest BCUT2D eigenvalue weighted by Crippen LogP contribution is 1.83. The molecule has 0 unspecified atom stereocenters. The van der Waals surface area contributed by atoms with E-state index >= 15 is 0 Å². The number of carbonyl (C=O) groups excluding carboxylic acids is 1. The van der Waals surface area contributed by atoms with Crippen LogP contribution in [-0.4, -0.2) is 39.8 Å². The summed E-state index contributed by atoms with van der Waals surface area (Å²) in [7, 11) is -3.49. The number of hydrogen-bond donors (Lipinski definition) is 2. The molecule has 0 aliphatic heterocycles. The molecule has 0 aromatic heterocycles. The first kappa shape index (κ1) is 13.3. The zero-order chi connectivity index (χ0) is 11.0. The van der Waals surface area contributed by atoms with Crippen LogP contribution in [0.15, 0.2) is 0 Å². The summed E-state index contributed by atoms with van der Waals surface area (Å²) in [4.78, 5) is 11.0. The van der Waals surface area contributed by atoms with Crippen LogP contribution in [0.5, 0.6) is 0 Å². The zero-order valence-electron chi connectivity index (χ0n) is 8.15. The number of primary sulfonamides is 1. The second-order valence-corrected chi connectivity index (χ2v) is 4.40. The summed E-state index contributed by atoms with van der Waals surface area (Å²) in [5.74, 6) is -0.477. The summed E-state index contributed by atoms with van der Waals surface area (Å²) in [6.07, 6.45) is 0.235. The predicted molar refractivity (Wildman–Crippen MR) is 52.1 cm³/mol. The van der Waals surface area contributed by atoms with Gasteiger partial charge in [0.25, 0.3) is 0 Å². The van der Waals surface area contributed by atoms with Crippen LogP contribution in [-0.2, 0) is 19.6 Å². The Kier molecular flexibility index (Phi) is 6.43. The average molecular weight is 224 g/mol. The van der Waals surface area contributed by atoms with Crippen molar-refractivity contribution in [3.8, 4) is 0 Å². The Labute approximate surface area is 83.9 Å². The van der Waals surface area contributed by atoms with Crippen LogP contribution >= 0.6 is 0 Å². The normalized spacial score (nSPS) is 11.3. The summed E-state index contributed by atoms with van der Waals surface area (Å²) >= 11 is 0. The van der Waals surface area contributed by atoms with Crippen molar-refractivity contribution < 1.29 is 17.9 Å². The summed E-state index contributed by atoms with van der Waals surface area (Å²) in [6, 6.07) is 0. The largest absolute Gasteiger partial charge is 0.381 e. The number of nitrogens with two attached hydrogens (primary N) is 1. The third kappa shape index (κ3) is 9.43. The van der Waals surface area contributed by atoms with E-state index in [0.29, 0.717) is 13.2 Å². The van der Waals surface area contributed by atoms with E-state index in [1.54, 1.807) is 0 Å². The molecule has 0 atom stereocenters. The molecule has 0 aliphatic rings. The van der Waals surface area contributed by atoms with Crippen molar-refractivity contribution in [1.82, 2.24) is 5.32 Å². The van der Waals surface area contributed by atoms with E-state index in [1.807, 2.05) is 6.92 Å². The Bertz CT molecular complexity index is 263. The van der Waals surface area contributed by atoms with Crippen LogP contribution in [0.2, 0.25) is 0 Å². The molecule has 0 saturated heterocycles. The monoisotopic (exact) mass is 224 g/mol.